The van der Waals surface area contributed by atoms with Crippen LogP contribution in [0.3, 0.4) is 0 Å². The smallest absolute Gasteiger partial charge is 0.243 e. The van der Waals surface area contributed by atoms with Crippen LogP contribution in [0.4, 0.5) is 4.39 Å². The van der Waals surface area contributed by atoms with Crippen LogP contribution in [0.15, 0.2) is 28.8 Å². The number of nitrogens with two attached hydrogens (primary N) is 1. The SMILES string of the molecule is CC(N)c1nc(Cc2cccc(F)c2)no1. The number of nitrogens with zero attached hydrogens (tertiary/aromatic N) is 2. The first-order valence-corrected chi connectivity index (χ1v) is 4.97. The van der Waals surface area contributed by atoms with E-state index >= 15 is 0 Å². The second kappa shape index (κ2) is 4.40. The molecule has 1 unspecified atom stereocenters. The Balaban J connectivity index is 2.14. The van der Waals surface area contributed by atoms with Gasteiger partial charge >= 0.3 is 0 Å². The molecule has 5 heteroatoms. The van der Waals surface area contributed by atoms with Crippen molar-refractivity contribution in [3.8, 4) is 0 Å². The fraction of sp³-hybridized carbons (Fsp3) is 0.273. The van der Waals surface area contributed by atoms with Gasteiger partial charge in [0.1, 0.15) is 5.82 Å². The monoisotopic (exact) mass is 221 g/mol. The summed E-state index contributed by atoms with van der Waals surface area (Å²) in [6.45, 7) is 1.76. The van der Waals surface area contributed by atoms with Gasteiger partial charge in [0.2, 0.25) is 5.89 Å². The van der Waals surface area contributed by atoms with Gasteiger partial charge in [-0.1, -0.05) is 17.3 Å². The van der Waals surface area contributed by atoms with Gasteiger partial charge in [-0.15, -0.1) is 0 Å². The Kier molecular flexibility index (Phi) is 2.96. The van der Waals surface area contributed by atoms with Crippen molar-refractivity contribution >= 4 is 0 Å². The van der Waals surface area contributed by atoms with Crippen molar-refractivity contribution in [1.82, 2.24) is 10.1 Å². The average Bonchev–Trinajstić information content (AvgIpc) is 2.66. The highest BCUT2D eigenvalue weighted by Gasteiger charge is 2.10. The van der Waals surface area contributed by atoms with Crippen LogP contribution in [-0.2, 0) is 6.42 Å². The molecule has 0 aliphatic rings. The lowest BCUT2D eigenvalue weighted by molar-refractivity contribution is 0.357. The van der Waals surface area contributed by atoms with Gasteiger partial charge < -0.3 is 10.3 Å². The van der Waals surface area contributed by atoms with Gasteiger partial charge in [-0.2, -0.15) is 4.98 Å². The first-order valence-electron chi connectivity index (χ1n) is 4.97. The molecule has 0 saturated heterocycles. The van der Waals surface area contributed by atoms with Crippen LogP contribution in [0.5, 0.6) is 0 Å². The van der Waals surface area contributed by atoms with E-state index < -0.39 is 0 Å². The lowest BCUT2D eigenvalue weighted by Gasteiger charge is -1.96. The summed E-state index contributed by atoms with van der Waals surface area (Å²) in [4.78, 5) is 4.11. The fourth-order valence-corrected chi connectivity index (χ4v) is 1.35. The molecule has 16 heavy (non-hydrogen) atoms. The summed E-state index contributed by atoms with van der Waals surface area (Å²) in [7, 11) is 0. The molecule has 0 radical (unpaired) electrons. The minimum atomic E-state index is -0.284. The molecule has 0 aliphatic heterocycles. The Morgan fingerprint density at radius 2 is 2.31 bits per heavy atom. The molecular weight excluding hydrogens is 209 g/mol. The summed E-state index contributed by atoms with van der Waals surface area (Å²) in [5.74, 6) is 0.637. The quantitative estimate of drug-likeness (QED) is 0.858. The zero-order chi connectivity index (χ0) is 11.5. The van der Waals surface area contributed by atoms with Crippen molar-refractivity contribution in [2.24, 2.45) is 5.73 Å². The third-order valence-corrected chi connectivity index (χ3v) is 2.12. The molecule has 4 nitrogen and oxygen atoms in total. The van der Waals surface area contributed by atoms with E-state index in [1.807, 2.05) is 6.07 Å². The van der Waals surface area contributed by atoms with Crippen LogP contribution in [0.25, 0.3) is 0 Å². The van der Waals surface area contributed by atoms with E-state index in [1.165, 1.54) is 12.1 Å². The van der Waals surface area contributed by atoms with Gasteiger partial charge in [-0.25, -0.2) is 4.39 Å². The third-order valence-electron chi connectivity index (χ3n) is 2.12. The maximum Gasteiger partial charge on any atom is 0.243 e. The van der Waals surface area contributed by atoms with Gasteiger partial charge in [-0.05, 0) is 24.6 Å². The second-order valence-corrected chi connectivity index (χ2v) is 3.64. The molecule has 0 bridgehead atoms. The van der Waals surface area contributed by atoms with Gasteiger partial charge in [0.05, 0.1) is 6.04 Å². The van der Waals surface area contributed by atoms with Crippen molar-refractivity contribution in [2.75, 3.05) is 0 Å². The van der Waals surface area contributed by atoms with Crippen LogP contribution >= 0.6 is 0 Å². The summed E-state index contributed by atoms with van der Waals surface area (Å²) in [6.07, 6.45) is 0.438. The van der Waals surface area contributed by atoms with Crippen molar-refractivity contribution in [1.29, 1.82) is 0 Å². The molecule has 1 aromatic carbocycles. The number of benzene rings is 1. The molecule has 0 amide bonds. The highest BCUT2D eigenvalue weighted by Crippen LogP contribution is 2.11. The third kappa shape index (κ3) is 2.43. The molecule has 2 N–H and O–H groups in total. The zero-order valence-corrected chi connectivity index (χ0v) is 8.85. The topological polar surface area (TPSA) is 64.9 Å². The number of halogens is 1. The number of hydrogen-bond donors (Lipinski definition) is 1. The van der Waals surface area contributed by atoms with Gasteiger partial charge in [0.15, 0.2) is 5.82 Å². The van der Waals surface area contributed by atoms with Gasteiger partial charge in [-0.3, -0.25) is 0 Å². The molecule has 2 rings (SSSR count). The summed E-state index contributed by atoms with van der Waals surface area (Å²) in [5.41, 5.74) is 6.39. The van der Waals surface area contributed by atoms with E-state index in [1.54, 1.807) is 13.0 Å². The Morgan fingerprint density at radius 3 is 2.94 bits per heavy atom. The summed E-state index contributed by atoms with van der Waals surface area (Å²) < 4.78 is 17.9. The highest BCUT2D eigenvalue weighted by atomic mass is 19.1. The molecule has 0 fully saturated rings. The maximum absolute atomic E-state index is 12.9. The van der Waals surface area contributed by atoms with E-state index in [4.69, 9.17) is 10.3 Å². The fourth-order valence-electron chi connectivity index (χ4n) is 1.35. The Bertz CT molecular complexity index is 482. The van der Waals surface area contributed by atoms with E-state index in [0.29, 0.717) is 18.1 Å². The first kappa shape index (κ1) is 10.8. The average molecular weight is 221 g/mol. The van der Waals surface area contributed by atoms with Gasteiger partial charge in [0.25, 0.3) is 0 Å². The zero-order valence-electron chi connectivity index (χ0n) is 8.85. The first-order chi connectivity index (χ1) is 7.65. The van der Waals surface area contributed by atoms with Crippen molar-refractivity contribution in [3.05, 3.63) is 47.4 Å². The van der Waals surface area contributed by atoms with Crippen molar-refractivity contribution < 1.29 is 8.91 Å². The molecule has 0 saturated carbocycles. The van der Waals surface area contributed by atoms with E-state index in [2.05, 4.69) is 10.1 Å². The van der Waals surface area contributed by atoms with Crippen LogP contribution in [-0.4, -0.2) is 10.1 Å². The van der Waals surface area contributed by atoms with E-state index in [-0.39, 0.29) is 11.9 Å². The lowest BCUT2D eigenvalue weighted by Crippen LogP contribution is -2.05. The Hall–Kier alpha value is -1.75. The highest BCUT2D eigenvalue weighted by molar-refractivity contribution is 5.19. The molecule has 1 aromatic heterocycles. The number of rotatable bonds is 3. The van der Waals surface area contributed by atoms with Crippen LogP contribution < -0.4 is 5.73 Å². The van der Waals surface area contributed by atoms with Crippen molar-refractivity contribution in [2.45, 2.75) is 19.4 Å². The second-order valence-electron chi connectivity index (χ2n) is 3.64. The standard InChI is InChI=1S/C11H12FN3O/c1-7(13)11-14-10(15-16-11)6-8-3-2-4-9(12)5-8/h2-5,7H,6,13H2,1H3. The van der Waals surface area contributed by atoms with Gasteiger partial charge in [0, 0.05) is 6.42 Å². The maximum atomic E-state index is 12.9. The summed E-state index contributed by atoms with van der Waals surface area (Å²) in [5, 5.41) is 3.77. The van der Waals surface area contributed by atoms with Crippen LogP contribution in [0, 0.1) is 5.82 Å². The Labute approximate surface area is 92.3 Å². The molecule has 0 aliphatic carbocycles. The summed E-state index contributed by atoms with van der Waals surface area (Å²) in [6, 6.07) is 6.02. The minimum Gasteiger partial charge on any atom is -0.338 e. The molecule has 0 spiro atoms. The predicted molar refractivity (Wildman–Crippen MR) is 56.1 cm³/mol. The largest absolute Gasteiger partial charge is 0.338 e. The molecule has 84 valence electrons. The van der Waals surface area contributed by atoms with E-state index in [0.717, 1.165) is 5.56 Å². The van der Waals surface area contributed by atoms with E-state index in [9.17, 15) is 4.39 Å². The molecular formula is C11H12FN3O. The normalized spacial score (nSPS) is 12.7. The number of hydrogen-bond acceptors (Lipinski definition) is 4. The predicted octanol–water partition coefficient (Wildman–Crippen LogP) is 1.82. The lowest BCUT2D eigenvalue weighted by atomic mass is 10.1. The van der Waals surface area contributed by atoms with Crippen molar-refractivity contribution in [3.63, 3.8) is 0 Å². The number of aromatic nitrogens is 2. The molecule has 1 atom stereocenters. The molecule has 2 aromatic rings. The summed E-state index contributed by atoms with van der Waals surface area (Å²) >= 11 is 0. The Morgan fingerprint density at radius 1 is 1.50 bits per heavy atom. The van der Waals surface area contributed by atoms with Crippen LogP contribution in [0.2, 0.25) is 0 Å². The van der Waals surface area contributed by atoms with Crippen LogP contribution in [0.1, 0.15) is 30.2 Å². The molecule has 1 heterocycles. The minimum absolute atomic E-state index is 0.270.